The Kier molecular flexibility index (Phi) is 4.98. The van der Waals surface area contributed by atoms with Gasteiger partial charge < -0.3 is 5.73 Å². The smallest absolute Gasteiger partial charge is 0.323 e. The van der Waals surface area contributed by atoms with E-state index in [4.69, 9.17) is 5.73 Å². The Hall–Kier alpha value is -1.07. The fraction of sp³-hybridized carbons (Fsp3) is 0.571. The normalized spacial score (nSPS) is 14.7. The van der Waals surface area contributed by atoms with Crippen LogP contribution in [-0.2, 0) is 0 Å². The van der Waals surface area contributed by atoms with Crippen molar-refractivity contribution in [3.63, 3.8) is 0 Å². The highest BCUT2D eigenvalue weighted by Crippen LogP contribution is 2.32. The second-order valence-electron chi connectivity index (χ2n) is 5.66. The van der Waals surface area contributed by atoms with Gasteiger partial charge in [0.05, 0.1) is 6.54 Å². The summed E-state index contributed by atoms with van der Waals surface area (Å²) >= 11 is 0. The van der Waals surface area contributed by atoms with Crippen LogP contribution < -0.4 is 5.73 Å². The number of alkyl halides is 3. The lowest BCUT2D eigenvalue weighted by atomic mass is 9.80. The number of nitrogens with zero attached hydrogens (tertiary/aromatic N) is 1. The fourth-order valence-corrected chi connectivity index (χ4v) is 2.27. The van der Waals surface area contributed by atoms with Crippen molar-refractivity contribution in [1.82, 2.24) is 4.90 Å². The van der Waals surface area contributed by atoms with Gasteiger partial charge in [0, 0.05) is 12.6 Å². The molecule has 1 unspecified atom stereocenters. The average Bonchev–Trinajstić information content (AvgIpc) is 2.25. The van der Waals surface area contributed by atoms with Gasteiger partial charge in [0.25, 0.3) is 0 Å². The Morgan fingerprint density at radius 2 is 1.63 bits per heavy atom. The first-order valence-corrected chi connectivity index (χ1v) is 6.18. The Balaban J connectivity index is 2.70. The predicted molar refractivity (Wildman–Crippen MR) is 70.7 cm³/mol. The van der Waals surface area contributed by atoms with Crippen molar-refractivity contribution in [3.8, 4) is 0 Å². The van der Waals surface area contributed by atoms with Crippen molar-refractivity contribution in [2.75, 3.05) is 20.1 Å². The Morgan fingerprint density at radius 1 is 1.11 bits per heavy atom. The van der Waals surface area contributed by atoms with Gasteiger partial charge in [0.15, 0.2) is 0 Å². The molecule has 0 heterocycles. The van der Waals surface area contributed by atoms with Gasteiger partial charge in [-0.15, -0.1) is 0 Å². The second kappa shape index (κ2) is 5.92. The van der Waals surface area contributed by atoms with Crippen LogP contribution in [0.1, 0.15) is 25.5 Å². The van der Waals surface area contributed by atoms with E-state index in [9.17, 15) is 13.2 Å². The van der Waals surface area contributed by atoms with Crippen molar-refractivity contribution in [3.05, 3.63) is 35.9 Å². The fourth-order valence-electron chi connectivity index (χ4n) is 2.27. The van der Waals surface area contributed by atoms with Gasteiger partial charge in [-0.25, -0.2) is 0 Å². The summed E-state index contributed by atoms with van der Waals surface area (Å²) in [7, 11) is 1.47. The van der Waals surface area contributed by atoms with E-state index < -0.39 is 18.1 Å². The van der Waals surface area contributed by atoms with E-state index in [-0.39, 0.29) is 12.6 Å². The molecule has 5 heteroatoms. The predicted octanol–water partition coefficient (Wildman–Crippen LogP) is 3.21. The van der Waals surface area contributed by atoms with Crippen LogP contribution in [0.2, 0.25) is 0 Å². The maximum atomic E-state index is 12.3. The molecule has 0 fully saturated rings. The minimum absolute atomic E-state index is 0.280. The molecule has 2 nitrogen and oxygen atoms in total. The van der Waals surface area contributed by atoms with Crippen molar-refractivity contribution < 1.29 is 13.2 Å². The molecule has 0 spiro atoms. The summed E-state index contributed by atoms with van der Waals surface area (Å²) in [6.45, 7) is 3.13. The Bertz CT molecular complexity index is 387. The van der Waals surface area contributed by atoms with Gasteiger partial charge in [-0.3, -0.25) is 4.90 Å². The number of benzene rings is 1. The number of halogens is 3. The first-order chi connectivity index (χ1) is 8.62. The molecule has 2 N–H and O–H groups in total. The largest absolute Gasteiger partial charge is 0.401 e. The van der Waals surface area contributed by atoms with Crippen molar-refractivity contribution in [2.24, 2.45) is 11.1 Å². The van der Waals surface area contributed by atoms with Crippen LogP contribution in [0.4, 0.5) is 13.2 Å². The lowest BCUT2D eigenvalue weighted by molar-refractivity contribution is -0.145. The molecule has 1 atom stereocenters. The van der Waals surface area contributed by atoms with Gasteiger partial charge in [-0.2, -0.15) is 13.2 Å². The minimum Gasteiger partial charge on any atom is -0.323 e. The number of nitrogens with two attached hydrogens (primary N) is 1. The molecule has 1 aromatic carbocycles. The summed E-state index contributed by atoms with van der Waals surface area (Å²) in [5.41, 5.74) is 6.67. The SMILES string of the molecule is CN(CC(F)(F)F)CC(C)(C)C(N)c1ccccc1. The Labute approximate surface area is 112 Å². The van der Waals surface area contributed by atoms with E-state index in [1.807, 2.05) is 44.2 Å². The summed E-state index contributed by atoms with van der Waals surface area (Å²) in [4.78, 5) is 1.27. The third-order valence-corrected chi connectivity index (χ3v) is 3.13. The molecule has 0 aliphatic heterocycles. The van der Waals surface area contributed by atoms with Crippen molar-refractivity contribution in [2.45, 2.75) is 26.1 Å². The van der Waals surface area contributed by atoms with Crippen LogP contribution in [0.15, 0.2) is 30.3 Å². The molecule has 1 aromatic rings. The summed E-state index contributed by atoms with van der Waals surface area (Å²) in [6.07, 6.45) is -4.18. The molecular formula is C14H21F3N2. The number of hydrogen-bond acceptors (Lipinski definition) is 2. The number of rotatable bonds is 5. The first kappa shape index (κ1) is 16.0. The van der Waals surface area contributed by atoms with Gasteiger partial charge in [0.1, 0.15) is 0 Å². The maximum Gasteiger partial charge on any atom is 0.401 e. The van der Waals surface area contributed by atoms with Crippen LogP contribution >= 0.6 is 0 Å². The molecule has 0 saturated heterocycles. The van der Waals surface area contributed by atoms with Crippen molar-refractivity contribution >= 4 is 0 Å². The maximum absolute atomic E-state index is 12.3. The van der Waals surface area contributed by atoms with Gasteiger partial charge in [-0.05, 0) is 18.0 Å². The van der Waals surface area contributed by atoms with Gasteiger partial charge in [0.2, 0.25) is 0 Å². The van der Waals surface area contributed by atoms with Crippen LogP contribution in [0.25, 0.3) is 0 Å². The zero-order valence-corrected chi connectivity index (χ0v) is 11.5. The van der Waals surface area contributed by atoms with Crippen LogP contribution in [0.3, 0.4) is 0 Å². The third-order valence-electron chi connectivity index (χ3n) is 3.13. The van der Waals surface area contributed by atoms with Crippen LogP contribution in [0, 0.1) is 5.41 Å². The third kappa shape index (κ3) is 5.20. The highest BCUT2D eigenvalue weighted by molar-refractivity contribution is 5.20. The summed E-state index contributed by atoms with van der Waals surface area (Å²) in [5, 5.41) is 0. The lowest BCUT2D eigenvalue weighted by Gasteiger charge is -2.36. The minimum atomic E-state index is -4.18. The van der Waals surface area contributed by atoms with E-state index in [0.29, 0.717) is 0 Å². The van der Waals surface area contributed by atoms with E-state index >= 15 is 0 Å². The monoisotopic (exact) mass is 274 g/mol. The van der Waals surface area contributed by atoms with E-state index in [0.717, 1.165) is 5.56 Å². The molecule has 0 saturated carbocycles. The van der Waals surface area contributed by atoms with E-state index in [1.165, 1.54) is 11.9 Å². The van der Waals surface area contributed by atoms with E-state index in [2.05, 4.69) is 0 Å². The zero-order chi connectivity index (χ0) is 14.7. The first-order valence-electron chi connectivity index (χ1n) is 6.18. The summed E-state index contributed by atoms with van der Waals surface area (Å²) < 4.78 is 37.0. The summed E-state index contributed by atoms with van der Waals surface area (Å²) in [6, 6.07) is 9.14. The molecule has 0 radical (unpaired) electrons. The quantitative estimate of drug-likeness (QED) is 0.893. The zero-order valence-electron chi connectivity index (χ0n) is 11.5. The highest BCUT2D eigenvalue weighted by atomic mass is 19.4. The molecule has 0 aliphatic rings. The lowest BCUT2D eigenvalue weighted by Crippen LogP contribution is -2.42. The molecule has 19 heavy (non-hydrogen) atoms. The summed E-state index contributed by atoms with van der Waals surface area (Å²) in [5.74, 6) is 0. The average molecular weight is 274 g/mol. The van der Waals surface area contributed by atoms with Crippen LogP contribution in [0.5, 0.6) is 0 Å². The number of hydrogen-bond donors (Lipinski definition) is 1. The topological polar surface area (TPSA) is 29.3 Å². The van der Waals surface area contributed by atoms with E-state index in [1.54, 1.807) is 0 Å². The molecule has 1 rings (SSSR count). The van der Waals surface area contributed by atoms with Crippen LogP contribution in [-0.4, -0.2) is 31.2 Å². The standard InChI is InChI=1S/C14H21F3N2/c1-13(2,9-19(3)10-14(15,16)17)12(18)11-7-5-4-6-8-11/h4-8,12H,9-10,18H2,1-3H3. The molecule has 108 valence electrons. The highest BCUT2D eigenvalue weighted by Gasteiger charge is 2.34. The Morgan fingerprint density at radius 3 is 2.11 bits per heavy atom. The second-order valence-corrected chi connectivity index (χ2v) is 5.66. The molecular weight excluding hydrogens is 253 g/mol. The molecule has 0 bridgehead atoms. The van der Waals surface area contributed by atoms with Crippen molar-refractivity contribution in [1.29, 1.82) is 0 Å². The molecule has 0 aliphatic carbocycles. The molecule has 0 aromatic heterocycles. The van der Waals surface area contributed by atoms with Gasteiger partial charge >= 0.3 is 6.18 Å². The molecule has 0 amide bonds. The van der Waals surface area contributed by atoms with Gasteiger partial charge in [-0.1, -0.05) is 44.2 Å².